The summed E-state index contributed by atoms with van der Waals surface area (Å²) in [5, 5.41) is 11.3. The van der Waals surface area contributed by atoms with Crippen LogP contribution < -0.4 is 5.73 Å². The molecule has 2 heterocycles. The van der Waals surface area contributed by atoms with Gasteiger partial charge in [-0.05, 0) is 39.0 Å². The minimum Gasteiger partial charge on any atom is -0.444 e. The number of hydrogen-bond donors (Lipinski definition) is 2. The van der Waals surface area contributed by atoms with E-state index in [4.69, 9.17) is 22.1 Å². The van der Waals surface area contributed by atoms with Crippen molar-refractivity contribution >= 4 is 35.2 Å². The molecule has 0 saturated carbocycles. The first kappa shape index (κ1) is 24.1. The van der Waals surface area contributed by atoms with Gasteiger partial charge in [0.2, 0.25) is 0 Å². The Balaban J connectivity index is 1.54. The van der Waals surface area contributed by atoms with Gasteiger partial charge in [-0.15, -0.1) is 0 Å². The quantitative estimate of drug-likeness (QED) is 0.643. The van der Waals surface area contributed by atoms with E-state index in [2.05, 4.69) is 0 Å². The third-order valence-corrected chi connectivity index (χ3v) is 6.03. The molecule has 0 aliphatic carbocycles. The molecule has 9 nitrogen and oxygen atoms in total. The Hall–Kier alpha value is -2.52. The van der Waals surface area contributed by atoms with E-state index in [1.165, 1.54) is 11.0 Å². The molecule has 2 fully saturated rings. The zero-order chi connectivity index (χ0) is 23.7. The van der Waals surface area contributed by atoms with Crippen molar-refractivity contribution in [3.8, 4) is 0 Å². The van der Waals surface area contributed by atoms with Crippen LogP contribution in [0, 0.1) is 0 Å². The van der Waals surface area contributed by atoms with Gasteiger partial charge in [0.25, 0.3) is 11.8 Å². The number of anilines is 1. The van der Waals surface area contributed by atoms with E-state index in [0.717, 1.165) is 0 Å². The van der Waals surface area contributed by atoms with Crippen molar-refractivity contribution in [2.45, 2.75) is 44.8 Å². The molecule has 3 amide bonds. The number of carbonyl (C=O) groups excluding carboxylic acids is 3. The Labute approximate surface area is 193 Å². The summed E-state index contributed by atoms with van der Waals surface area (Å²) in [6, 6.07) is 4.75. The van der Waals surface area contributed by atoms with Crippen LogP contribution in [0.2, 0.25) is 5.02 Å². The van der Waals surface area contributed by atoms with Gasteiger partial charge < -0.3 is 30.3 Å². The lowest BCUT2D eigenvalue weighted by atomic mass is 9.89. The molecule has 176 valence electrons. The van der Waals surface area contributed by atoms with Crippen LogP contribution >= 0.6 is 11.6 Å². The highest BCUT2D eigenvalue weighted by atomic mass is 35.5. The lowest BCUT2D eigenvalue weighted by Crippen LogP contribution is -2.59. The maximum Gasteiger partial charge on any atom is 0.410 e. The van der Waals surface area contributed by atoms with E-state index < -0.39 is 17.3 Å². The van der Waals surface area contributed by atoms with E-state index in [-0.39, 0.29) is 37.7 Å². The van der Waals surface area contributed by atoms with Crippen LogP contribution in [0.25, 0.3) is 0 Å². The summed E-state index contributed by atoms with van der Waals surface area (Å²) in [4.78, 5) is 42.8. The molecule has 3 rings (SSSR count). The van der Waals surface area contributed by atoms with Gasteiger partial charge in [-0.2, -0.15) is 0 Å². The SMILES string of the molecule is CC(C)(C)OC(=O)N1CCC(O)(C(=O)N2CCN(C(=O)c3ccc(N)cc3Cl)CC2)CC1. The van der Waals surface area contributed by atoms with Crippen LogP contribution in [-0.4, -0.2) is 88.2 Å². The zero-order valence-electron chi connectivity index (χ0n) is 18.8. The molecule has 0 atom stereocenters. The van der Waals surface area contributed by atoms with Crippen molar-refractivity contribution in [2.75, 3.05) is 45.0 Å². The van der Waals surface area contributed by atoms with Crippen LogP contribution in [-0.2, 0) is 9.53 Å². The number of benzene rings is 1. The molecule has 2 saturated heterocycles. The van der Waals surface area contributed by atoms with Crippen LogP contribution in [0.15, 0.2) is 18.2 Å². The Kier molecular flexibility index (Phi) is 6.90. The molecule has 3 N–H and O–H groups in total. The van der Waals surface area contributed by atoms with Crippen molar-refractivity contribution in [3.05, 3.63) is 28.8 Å². The maximum absolute atomic E-state index is 13.0. The summed E-state index contributed by atoms with van der Waals surface area (Å²) in [5.74, 6) is -0.578. The summed E-state index contributed by atoms with van der Waals surface area (Å²) in [5.41, 5.74) is 4.41. The monoisotopic (exact) mass is 466 g/mol. The smallest absolute Gasteiger partial charge is 0.410 e. The number of nitrogens with two attached hydrogens (primary N) is 1. The fraction of sp³-hybridized carbons (Fsp3) is 0.591. The molecule has 32 heavy (non-hydrogen) atoms. The van der Waals surface area contributed by atoms with Crippen molar-refractivity contribution in [3.63, 3.8) is 0 Å². The summed E-state index contributed by atoms with van der Waals surface area (Å²) < 4.78 is 5.36. The molecular weight excluding hydrogens is 436 g/mol. The van der Waals surface area contributed by atoms with E-state index in [0.29, 0.717) is 42.5 Å². The van der Waals surface area contributed by atoms with Gasteiger partial charge in [0, 0.05) is 57.8 Å². The van der Waals surface area contributed by atoms with Crippen LogP contribution in [0.5, 0.6) is 0 Å². The Bertz CT molecular complexity index is 885. The predicted molar refractivity (Wildman–Crippen MR) is 120 cm³/mol. The second-order valence-corrected chi connectivity index (χ2v) is 9.73. The first-order valence-corrected chi connectivity index (χ1v) is 11.1. The third kappa shape index (κ3) is 5.45. The number of halogens is 1. The second kappa shape index (κ2) is 9.15. The van der Waals surface area contributed by atoms with E-state index in [1.54, 1.807) is 42.7 Å². The van der Waals surface area contributed by atoms with Gasteiger partial charge in [0.15, 0.2) is 0 Å². The van der Waals surface area contributed by atoms with Gasteiger partial charge >= 0.3 is 6.09 Å². The summed E-state index contributed by atoms with van der Waals surface area (Å²) in [6.07, 6.45) is -0.156. The normalized spacial score (nSPS) is 19.0. The number of aliphatic hydroxyl groups is 1. The predicted octanol–water partition coefficient (Wildman–Crippen LogP) is 1.97. The van der Waals surface area contributed by atoms with Gasteiger partial charge in [-0.25, -0.2) is 4.79 Å². The third-order valence-electron chi connectivity index (χ3n) is 5.72. The zero-order valence-corrected chi connectivity index (χ0v) is 19.5. The highest BCUT2D eigenvalue weighted by Crippen LogP contribution is 2.27. The number of ether oxygens (including phenoxy) is 1. The number of likely N-dealkylation sites (tertiary alicyclic amines) is 1. The molecule has 0 bridgehead atoms. The summed E-state index contributed by atoms with van der Waals surface area (Å²) >= 11 is 6.15. The molecule has 0 aromatic heterocycles. The van der Waals surface area contributed by atoms with Crippen LogP contribution in [0.4, 0.5) is 10.5 Å². The Morgan fingerprint density at radius 2 is 1.56 bits per heavy atom. The topological polar surface area (TPSA) is 116 Å². The number of carbonyl (C=O) groups is 3. The average Bonchev–Trinajstić information content (AvgIpc) is 2.72. The molecule has 2 aliphatic heterocycles. The maximum atomic E-state index is 13.0. The number of hydrogen-bond acceptors (Lipinski definition) is 6. The Morgan fingerprint density at radius 1 is 1.00 bits per heavy atom. The first-order chi connectivity index (χ1) is 14.9. The number of piperazine rings is 1. The Morgan fingerprint density at radius 3 is 2.09 bits per heavy atom. The number of amides is 3. The van der Waals surface area contributed by atoms with Crippen molar-refractivity contribution < 1.29 is 24.2 Å². The summed E-state index contributed by atoms with van der Waals surface area (Å²) in [6.45, 7) is 7.17. The van der Waals surface area contributed by atoms with Crippen LogP contribution in [0.1, 0.15) is 44.0 Å². The minimum absolute atomic E-state index is 0.144. The highest BCUT2D eigenvalue weighted by Gasteiger charge is 2.44. The number of piperidine rings is 1. The molecule has 1 aromatic rings. The molecule has 0 spiro atoms. The largest absolute Gasteiger partial charge is 0.444 e. The standard InChI is InChI=1S/C22H31ClN4O5/c1-21(2,3)32-20(30)27-8-6-22(31,7-9-27)19(29)26-12-10-25(11-13-26)18(28)16-5-4-15(24)14-17(16)23/h4-5,14,31H,6-13,24H2,1-3H3. The molecule has 10 heteroatoms. The second-order valence-electron chi connectivity index (χ2n) is 9.32. The fourth-order valence-electron chi connectivity index (χ4n) is 3.88. The number of rotatable bonds is 2. The molecule has 0 unspecified atom stereocenters. The first-order valence-electron chi connectivity index (χ1n) is 10.7. The van der Waals surface area contributed by atoms with E-state index >= 15 is 0 Å². The van der Waals surface area contributed by atoms with Gasteiger partial charge in [0.05, 0.1) is 10.6 Å². The van der Waals surface area contributed by atoms with Crippen LogP contribution in [0.3, 0.4) is 0 Å². The lowest BCUT2D eigenvalue weighted by Gasteiger charge is -2.42. The molecular formula is C22H31ClN4O5. The molecule has 2 aliphatic rings. The molecule has 1 aromatic carbocycles. The summed E-state index contributed by atoms with van der Waals surface area (Å²) in [7, 11) is 0. The lowest BCUT2D eigenvalue weighted by molar-refractivity contribution is -0.157. The van der Waals surface area contributed by atoms with E-state index in [1.807, 2.05) is 0 Å². The number of nitrogen functional groups attached to an aromatic ring is 1. The van der Waals surface area contributed by atoms with Crippen molar-refractivity contribution in [1.82, 2.24) is 14.7 Å². The van der Waals surface area contributed by atoms with Crippen molar-refractivity contribution in [1.29, 1.82) is 0 Å². The highest BCUT2D eigenvalue weighted by molar-refractivity contribution is 6.34. The van der Waals surface area contributed by atoms with Gasteiger partial charge in [0.1, 0.15) is 11.2 Å². The van der Waals surface area contributed by atoms with Crippen molar-refractivity contribution in [2.24, 2.45) is 0 Å². The van der Waals surface area contributed by atoms with Gasteiger partial charge in [-0.3, -0.25) is 9.59 Å². The minimum atomic E-state index is -1.52. The van der Waals surface area contributed by atoms with E-state index in [9.17, 15) is 19.5 Å². The average molecular weight is 467 g/mol. The fourth-order valence-corrected chi connectivity index (χ4v) is 4.15. The van der Waals surface area contributed by atoms with Gasteiger partial charge in [-0.1, -0.05) is 11.6 Å². The number of nitrogens with zero attached hydrogens (tertiary/aromatic N) is 3. The molecule has 0 radical (unpaired) electrons.